The van der Waals surface area contributed by atoms with Gasteiger partial charge in [0.25, 0.3) is 0 Å². The van der Waals surface area contributed by atoms with Gasteiger partial charge in [-0.25, -0.2) is 0 Å². The van der Waals surface area contributed by atoms with E-state index < -0.39 is 0 Å². The molecule has 2 aliphatic rings. The maximum Gasteiger partial charge on any atom is 0.0434 e. The van der Waals surface area contributed by atoms with E-state index in [1.54, 1.807) is 0 Å². The smallest absolute Gasteiger partial charge is 0.0434 e. The van der Waals surface area contributed by atoms with Crippen LogP contribution in [0.25, 0.3) is 0 Å². The fraction of sp³-hybridized carbons (Fsp3) is 1.00. The van der Waals surface area contributed by atoms with Gasteiger partial charge in [-0.1, -0.05) is 0 Å². The second kappa shape index (κ2) is 4.01. The summed E-state index contributed by atoms with van der Waals surface area (Å²) < 4.78 is 0. The second-order valence-corrected chi connectivity index (χ2v) is 5.41. The average molecular weight is 186 g/mol. The number of hydrogen-bond donors (Lipinski definition) is 1. The minimum atomic E-state index is 0.401. The number of rotatable bonds is 4. The predicted octanol–water partition coefficient (Wildman–Crippen LogP) is 2.29. The highest BCUT2D eigenvalue weighted by molar-refractivity contribution is 8.00. The molecule has 70 valence electrons. The normalized spacial score (nSPS) is 32.2. The van der Waals surface area contributed by atoms with Crippen LogP contribution in [0.5, 0.6) is 0 Å². The Morgan fingerprint density at radius 2 is 2.17 bits per heavy atom. The van der Waals surface area contributed by atoms with Crippen molar-refractivity contribution in [3.63, 3.8) is 0 Å². The first kappa shape index (κ1) is 8.89. The van der Waals surface area contributed by atoms with Gasteiger partial charge in [0.1, 0.15) is 0 Å². The van der Waals surface area contributed by atoms with Gasteiger partial charge in [-0.3, -0.25) is 0 Å². The molecule has 2 heteroatoms. The monoisotopic (exact) mass is 186 g/mol. The molecule has 2 atom stereocenters. The maximum atomic E-state index is 8.96. The van der Waals surface area contributed by atoms with Crippen LogP contribution < -0.4 is 0 Å². The van der Waals surface area contributed by atoms with E-state index in [1.165, 1.54) is 31.4 Å². The van der Waals surface area contributed by atoms with Crippen molar-refractivity contribution >= 4 is 11.8 Å². The van der Waals surface area contributed by atoms with Gasteiger partial charge in [-0.2, -0.15) is 11.8 Å². The molecule has 0 bridgehead atoms. The Bertz CT molecular complexity index is 139. The molecule has 2 rings (SSSR count). The summed E-state index contributed by atoms with van der Waals surface area (Å²) in [5.74, 6) is 3.19. The van der Waals surface area contributed by atoms with Crippen LogP contribution in [-0.4, -0.2) is 22.7 Å². The summed E-state index contributed by atoms with van der Waals surface area (Å²) >= 11 is 2.15. The van der Waals surface area contributed by atoms with Crippen LogP contribution in [-0.2, 0) is 0 Å². The Hall–Kier alpha value is 0.310. The van der Waals surface area contributed by atoms with Gasteiger partial charge in [0.15, 0.2) is 0 Å². The number of hydrogen-bond acceptors (Lipinski definition) is 2. The molecular weight excluding hydrogens is 168 g/mol. The Labute approximate surface area is 78.9 Å². The number of aliphatic hydroxyl groups excluding tert-OH is 1. The molecule has 0 aromatic carbocycles. The standard InChI is InChI=1S/C10H18OS/c11-6-5-9(8-3-4-8)10-2-1-7-12-10/h8-11H,1-7H2. The minimum absolute atomic E-state index is 0.401. The van der Waals surface area contributed by atoms with Crippen LogP contribution in [0, 0.1) is 11.8 Å². The van der Waals surface area contributed by atoms with E-state index in [9.17, 15) is 0 Å². The van der Waals surface area contributed by atoms with Gasteiger partial charge >= 0.3 is 0 Å². The van der Waals surface area contributed by atoms with Gasteiger partial charge in [0, 0.05) is 11.9 Å². The van der Waals surface area contributed by atoms with Crippen molar-refractivity contribution in [1.82, 2.24) is 0 Å². The quantitative estimate of drug-likeness (QED) is 0.727. The van der Waals surface area contributed by atoms with Crippen molar-refractivity contribution in [2.24, 2.45) is 11.8 Å². The second-order valence-electron chi connectivity index (χ2n) is 4.07. The Kier molecular flexibility index (Phi) is 2.97. The highest BCUT2D eigenvalue weighted by Gasteiger charge is 2.37. The SMILES string of the molecule is OCCC(C1CC1)C1CCCS1. The highest BCUT2D eigenvalue weighted by Crippen LogP contribution is 2.46. The van der Waals surface area contributed by atoms with Crippen molar-refractivity contribution in [3.05, 3.63) is 0 Å². The van der Waals surface area contributed by atoms with Crippen LogP contribution in [0.2, 0.25) is 0 Å². The lowest BCUT2D eigenvalue weighted by Crippen LogP contribution is -2.18. The highest BCUT2D eigenvalue weighted by atomic mass is 32.2. The van der Waals surface area contributed by atoms with Crippen molar-refractivity contribution in [2.75, 3.05) is 12.4 Å². The molecule has 0 radical (unpaired) electrons. The Morgan fingerprint density at radius 3 is 2.67 bits per heavy atom. The summed E-state index contributed by atoms with van der Waals surface area (Å²) in [4.78, 5) is 0. The van der Waals surface area contributed by atoms with Crippen LogP contribution in [0.15, 0.2) is 0 Å². The number of thioether (sulfide) groups is 1. The molecule has 0 spiro atoms. The van der Waals surface area contributed by atoms with Gasteiger partial charge in [-0.05, 0) is 49.7 Å². The molecule has 1 heterocycles. The van der Waals surface area contributed by atoms with Crippen LogP contribution in [0.1, 0.15) is 32.1 Å². The summed E-state index contributed by atoms with van der Waals surface area (Å²) in [5.41, 5.74) is 0. The summed E-state index contributed by atoms with van der Waals surface area (Å²) in [6.07, 6.45) is 6.74. The van der Waals surface area contributed by atoms with Gasteiger partial charge in [0.05, 0.1) is 0 Å². The third-order valence-corrected chi connectivity index (χ3v) is 4.67. The maximum absolute atomic E-state index is 8.96. The summed E-state index contributed by atoms with van der Waals surface area (Å²) in [6.45, 7) is 0.401. The van der Waals surface area contributed by atoms with Crippen molar-refractivity contribution in [1.29, 1.82) is 0 Å². The fourth-order valence-corrected chi connectivity index (χ4v) is 3.91. The zero-order chi connectivity index (χ0) is 8.39. The summed E-state index contributed by atoms with van der Waals surface area (Å²) in [6, 6.07) is 0. The molecule has 2 unspecified atom stereocenters. The lowest BCUT2D eigenvalue weighted by atomic mass is 9.93. The molecule has 0 aromatic heterocycles. The molecule has 0 amide bonds. The van der Waals surface area contributed by atoms with E-state index >= 15 is 0 Å². The van der Waals surface area contributed by atoms with Gasteiger partial charge < -0.3 is 5.11 Å². The lowest BCUT2D eigenvalue weighted by Gasteiger charge is -2.21. The fourth-order valence-electron chi connectivity index (χ4n) is 2.34. The van der Waals surface area contributed by atoms with Crippen molar-refractivity contribution in [2.45, 2.75) is 37.4 Å². The first-order valence-electron chi connectivity index (χ1n) is 5.14. The first-order valence-corrected chi connectivity index (χ1v) is 6.19. The molecule has 0 aromatic rings. The molecule has 1 saturated heterocycles. The summed E-state index contributed by atoms with van der Waals surface area (Å²) in [7, 11) is 0. The Balaban J connectivity index is 1.85. The molecule has 1 aliphatic heterocycles. The third-order valence-electron chi connectivity index (χ3n) is 3.13. The molecule has 12 heavy (non-hydrogen) atoms. The van der Waals surface area contributed by atoms with Crippen LogP contribution >= 0.6 is 11.8 Å². The van der Waals surface area contributed by atoms with Crippen LogP contribution in [0.4, 0.5) is 0 Å². The molecular formula is C10H18OS. The largest absolute Gasteiger partial charge is 0.396 e. The lowest BCUT2D eigenvalue weighted by molar-refractivity contribution is 0.243. The van der Waals surface area contributed by atoms with Gasteiger partial charge in [0.2, 0.25) is 0 Å². The van der Waals surface area contributed by atoms with E-state index in [1.807, 2.05) is 0 Å². The molecule has 2 fully saturated rings. The van der Waals surface area contributed by atoms with Crippen molar-refractivity contribution in [3.8, 4) is 0 Å². The summed E-state index contributed by atoms with van der Waals surface area (Å²) in [5, 5.41) is 9.86. The average Bonchev–Trinajstić information content (AvgIpc) is 2.77. The van der Waals surface area contributed by atoms with Gasteiger partial charge in [-0.15, -0.1) is 0 Å². The molecule has 1 nitrogen and oxygen atoms in total. The Morgan fingerprint density at radius 1 is 1.33 bits per heavy atom. The van der Waals surface area contributed by atoms with E-state index in [2.05, 4.69) is 11.8 Å². The molecule has 1 N–H and O–H groups in total. The van der Waals surface area contributed by atoms with E-state index in [-0.39, 0.29) is 0 Å². The topological polar surface area (TPSA) is 20.2 Å². The van der Waals surface area contributed by atoms with Crippen molar-refractivity contribution < 1.29 is 5.11 Å². The minimum Gasteiger partial charge on any atom is -0.396 e. The molecule has 1 aliphatic carbocycles. The third kappa shape index (κ3) is 1.97. The predicted molar refractivity (Wildman–Crippen MR) is 53.4 cm³/mol. The van der Waals surface area contributed by atoms with E-state index in [0.29, 0.717) is 6.61 Å². The molecule has 1 saturated carbocycles. The van der Waals surface area contributed by atoms with E-state index in [4.69, 9.17) is 5.11 Å². The zero-order valence-corrected chi connectivity index (χ0v) is 8.35. The van der Waals surface area contributed by atoms with Crippen LogP contribution in [0.3, 0.4) is 0 Å². The van der Waals surface area contributed by atoms with E-state index in [0.717, 1.165) is 23.5 Å². The first-order chi connectivity index (χ1) is 5.92. The number of aliphatic hydroxyl groups is 1. The zero-order valence-electron chi connectivity index (χ0n) is 7.54.